The Hall–Kier alpha value is -1.85. The highest BCUT2D eigenvalue weighted by molar-refractivity contribution is 5.73. The number of piperidine rings is 1. The van der Waals surface area contributed by atoms with E-state index in [2.05, 4.69) is 24.3 Å². The third-order valence-electron chi connectivity index (χ3n) is 4.66. The highest BCUT2D eigenvalue weighted by atomic mass is 16.5. The zero-order valence-electron chi connectivity index (χ0n) is 22.5. The SMILES string of the molecule is CC.CC.CC(=O)NC(C)C.CCC1CCN(C(C)=O)CC1.CCc1c(C)noc1C. The predicted molar refractivity (Wildman–Crippen MR) is 132 cm³/mol. The van der Waals surface area contributed by atoms with Crippen molar-refractivity contribution in [3.8, 4) is 0 Å². The van der Waals surface area contributed by atoms with Crippen molar-refractivity contribution >= 4 is 11.8 Å². The van der Waals surface area contributed by atoms with Crippen molar-refractivity contribution < 1.29 is 14.1 Å². The van der Waals surface area contributed by atoms with Crippen LogP contribution in [-0.4, -0.2) is 41.0 Å². The van der Waals surface area contributed by atoms with Crippen molar-refractivity contribution in [2.75, 3.05) is 13.1 Å². The summed E-state index contributed by atoms with van der Waals surface area (Å²) < 4.78 is 4.94. The topological polar surface area (TPSA) is 75.4 Å². The Balaban J connectivity index is -0.000000358. The molecule has 1 saturated heterocycles. The van der Waals surface area contributed by atoms with Crippen LogP contribution in [0.15, 0.2) is 4.52 Å². The van der Waals surface area contributed by atoms with Gasteiger partial charge in [-0.2, -0.15) is 0 Å². The molecule has 0 aromatic carbocycles. The zero-order chi connectivity index (χ0) is 25.0. The molecule has 2 rings (SSSR count). The van der Waals surface area contributed by atoms with Crippen LogP contribution in [0.25, 0.3) is 0 Å². The summed E-state index contributed by atoms with van der Waals surface area (Å²) in [6.07, 6.45) is 4.69. The van der Waals surface area contributed by atoms with Crippen LogP contribution in [0.4, 0.5) is 0 Å². The molecule has 2 amide bonds. The van der Waals surface area contributed by atoms with Crippen molar-refractivity contribution in [1.29, 1.82) is 0 Å². The first kappa shape index (κ1) is 33.8. The molecule has 1 aromatic rings. The smallest absolute Gasteiger partial charge is 0.219 e. The van der Waals surface area contributed by atoms with Crippen LogP contribution in [0.5, 0.6) is 0 Å². The van der Waals surface area contributed by atoms with Gasteiger partial charge in [0.1, 0.15) is 5.76 Å². The van der Waals surface area contributed by atoms with Crippen molar-refractivity contribution in [3.63, 3.8) is 0 Å². The molecule has 0 atom stereocenters. The Kier molecular flexibility index (Phi) is 23.3. The lowest BCUT2D eigenvalue weighted by molar-refractivity contribution is -0.130. The molecule has 6 nitrogen and oxygen atoms in total. The van der Waals surface area contributed by atoms with Crippen molar-refractivity contribution in [3.05, 3.63) is 17.0 Å². The number of carbonyl (C=O) groups is 2. The molecule has 1 aliphatic rings. The first-order valence-electron chi connectivity index (χ1n) is 12.1. The molecule has 31 heavy (non-hydrogen) atoms. The van der Waals surface area contributed by atoms with Crippen molar-refractivity contribution in [2.24, 2.45) is 5.92 Å². The number of hydrogen-bond donors (Lipinski definition) is 1. The highest BCUT2D eigenvalue weighted by Crippen LogP contribution is 2.19. The summed E-state index contributed by atoms with van der Waals surface area (Å²) >= 11 is 0. The number of nitrogens with one attached hydrogen (secondary N) is 1. The minimum atomic E-state index is 0.0370. The van der Waals surface area contributed by atoms with Gasteiger partial charge in [-0.05, 0) is 52.9 Å². The lowest BCUT2D eigenvalue weighted by Gasteiger charge is -2.30. The van der Waals surface area contributed by atoms with E-state index >= 15 is 0 Å². The largest absolute Gasteiger partial charge is 0.361 e. The maximum atomic E-state index is 10.9. The fourth-order valence-corrected chi connectivity index (χ4v) is 3.07. The predicted octanol–water partition coefficient (Wildman–Crippen LogP) is 6.09. The molecule has 0 spiro atoms. The van der Waals surface area contributed by atoms with Crippen LogP contribution in [0.3, 0.4) is 0 Å². The summed E-state index contributed by atoms with van der Waals surface area (Å²) in [4.78, 5) is 23.0. The normalized spacial score (nSPS) is 12.6. The van der Waals surface area contributed by atoms with Crippen LogP contribution in [0.2, 0.25) is 0 Å². The Labute approximate surface area is 192 Å². The fourth-order valence-electron chi connectivity index (χ4n) is 3.07. The van der Waals surface area contributed by atoms with Gasteiger partial charge in [-0.15, -0.1) is 0 Å². The second kappa shape index (κ2) is 21.4. The molecule has 1 aliphatic heterocycles. The quantitative estimate of drug-likeness (QED) is 0.615. The first-order chi connectivity index (χ1) is 14.6. The second-order valence-electron chi connectivity index (χ2n) is 7.37. The Morgan fingerprint density at radius 2 is 1.55 bits per heavy atom. The maximum absolute atomic E-state index is 10.9. The van der Waals surface area contributed by atoms with E-state index in [1.807, 2.05) is 60.3 Å². The van der Waals surface area contributed by atoms with Crippen LogP contribution in [0.1, 0.15) is 106 Å². The summed E-state index contributed by atoms with van der Waals surface area (Å²) in [6, 6.07) is 0.275. The van der Waals surface area contributed by atoms with Gasteiger partial charge in [0.05, 0.1) is 5.69 Å². The van der Waals surface area contributed by atoms with E-state index < -0.39 is 0 Å². The Bertz CT molecular complexity index is 541. The average Bonchev–Trinajstić information content (AvgIpc) is 3.08. The molecule has 184 valence electrons. The molecule has 2 heterocycles. The van der Waals surface area contributed by atoms with Gasteiger partial charge in [0.2, 0.25) is 11.8 Å². The number of hydrogen-bond acceptors (Lipinski definition) is 4. The average molecular weight is 442 g/mol. The number of carbonyl (C=O) groups excluding carboxylic acids is 2. The molecule has 0 bridgehead atoms. The number of amides is 2. The second-order valence-corrected chi connectivity index (χ2v) is 7.37. The fraction of sp³-hybridized carbons (Fsp3) is 0.800. The summed E-state index contributed by atoms with van der Waals surface area (Å²) in [5.74, 6) is 2.09. The van der Waals surface area contributed by atoms with Gasteiger partial charge in [0, 0.05) is 38.5 Å². The third-order valence-corrected chi connectivity index (χ3v) is 4.66. The maximum Gasteiger partial charge on any atom is 0.219 e. The number of aryl methyl sites for hydroxylation is 2. The molecule has 0 unspecified atom stereocenters. The third kappa shape index (κ3) is 17.5. The van der Waals surface area contributed by atoms with Gasteiger partial charge in [-0.25, -0.2) is 0 Å². The minimum absolute atomic E-state index is 0.0370. The summed E-state index contributed by atoms with van der Waals surface area (Å²) in [6.45, 7) is 25.2. The number of aromatic nitrogens is 1. The Morgan fingerprint density at radius 1 is 1.06 bits per heavy atom. The van der Waals surface area contributed by atoms with Gasteiger partial charge < -0.3 is 14.7 Å². The molecule has 6 heteroatoms. The van der Waals surface area contributed by atoms with Crippen LogP contribution >= 0.6 is 0 Å². The van der Waals surface area contributed by atoms with Crippen LogP contribution < -0.4 is 5.32 Å². The van der Waals surface area contributed by atoms with Gasteiger partial charge in [0.15, 0.2) is 0 Å². The van der Waals surface area contributed by atoms with E-state index in [4.69, 9.17) is 4.52 Å². The summed E-state index contributed by atoms with van der Waals surface area (Å²) in [7, 11) is 0. The van der Waals surface area contributed by atoms with E-state index in [0.29, 0.717) is 0 Å². The van der Waals surface area contributed by atoms with E-state index in [9.17, 15) is 9.59 Å². The van der Waals surface area contributed by atoms with E-state index in [1.54, 1.807) is 6.92 Å². The number of nitrogens with zero attached hydrogens (tertiary/aromatic N) is 2. The van der Waals surface area contributed by atoms with E-state index in [1.165, 1.54) is 31.7 Å². The van der Waals surface area contributed by atoms with Crippen molar-refractivity contribution in [2.45, 2.75) is 115 Å². The van der Waals surface area contributed by atoms with Gasteiger partial charge in [-0.1, -0.05) is 53.1 Å². The monoisotopic (exact) mass is 441 g/mol. The summed E-state index contributed by atoms with van der Waals surface area (Å²) in [5.41, 5.74) is 2.27. The number of likely N-dealkylation sites (tertiary alicyclic amines) is 1. The summed E-state index contributed by atoms with van der Waals surface area (Å²) in [5, 5.41) is 6.48. The number of rotatable bonds is 3. The zero-order valence-corrected chi connectivity index (χ0v) is 22.5. The molecule has 0 aliphatic carbocycles. The first-order valence-corrected chi connectivity index (χ1v) is 12.1. The standard InChI is InChI=1S/C9H17NO.C7H11NO.C5H11NO.2C2H6/c1-3-9-4-6-10(7-5-9)8(2)11;1-4-7-5(2)8-9-6(7)3;1-4(2)6-5(3)7;2*1-2/h9H,3-7H2,1-2H3;4H2,1-3H3;4H,1-3H3,(H,6,7);2*1-2H3. The molecule has 1 fully saturated rings. The molecule has 0 radical (unpaired) electrons. The minimum Gasteiger partial charge on any atom is -0.361 e. The molecule has 1 N–H and O–H groups in total. The van der Waals surface area contributed by atoms with Gasteiger partial charge in [0.25, 0.3) is 0 Å². The highest BCUT2D eigenvalue weighted by Gasteiger charge is 2.18. The van der Waals surface area contributed by atoms with E-state index in [0.717, 1.165) is 36.9 Å². The van der Waals surface area contributed by atoms with Crippen LogP contribution in [0, 0.1) is 19.8 Å². The molecule has 1 aromatic heterocycles. The lowest BCUT2D eigenvalue weighted by Crippen LogP contribution is -2.36. The molecular weight excluding hydrogens is 390 g/mol. The lowest BCUT2D eigenvalue weighted by atomic mass is 9.94. The Morgan fingerprint density at radius 3 is 1.74 bits per heavy atom. The van der Waals surface area contributed by atoms with Crippen LogP contribution in [-0.2, 0) is 16.0 Å². The van der Waals surface area contributed by atoms with Gasteiger partial charge in [-0.3, -0.25) is 9.59 Å². The molecular formula is C25H51N3O3. The van der Waals surface area contributed by atoms with E-state index in [-0.39, 0.29) is 17.9 Å². The molecule has 0 saturated carbocycles. The van der Waals surface area contributed by atoms with Gasteiger partial charge >= 0.3 is 0 Å². The van der Waals surface area contributed by atoms with Crippen molar-refractivity contribution in [1.82, 2.24) is 15.4 Å².